The molecular formula is C17H12N4O2. The molecule has 6 heteroatoms. The van der Waals surface area contributed by atoms with E-state index in [0.717, 1.165) is 14.8 Å². The Balaban J connectivity index is 2.22. The molecule has 0 N–H and O–H groups in total. The maximum atomic E-state index is 12.6. The van der Waals surface area contributed by atoms with E-state index in [2.05, 4.69) is 5.10 Å². The Morgan fingerprint density at radius 3 is 2.17 bits per heavy atom. The summed E-state index contributed by atoms with van der Waals surface area (Å²) < 4.78 is 2.09. The molecule has 0 fully saturated rings. The van der Waals surface area contributed by atoms with Gasteiger partial charge in [0.25, 0.3) is 5.56 Å². The molecule has 0 aliphatic heterocycles. The summed E-state index contributed by atoms with van der Waals surface area (Å²) >= 11 is 0. The fourth-order valence-electron chi connectivity index (χ4n) is 2.23. The molecule has 2 aromatic carbocycles. The molecule has 0 saturated carbocycles. The zero-order valence-electron chi connectivity index (χ0n) is 12.1. The third-order valence-corrected chi connectivity index (χ3v) is 3.35. The van der Waals surface area contributed by atoms with Crippen LogP contribution < -0.4 is 11.2 Å². The van der Waals surface area contributed by atoms with Crippen molar-refractivity contribution in [2.45, 2.75) is 6.54 Å². The number of aromatic nitrogens is 3. The highest BCUT2D eigenvalue weighted by molar-refractivity contribution is 5.30. The predicted octanol–water partition coefficient (Wildman–Crippen LogP) is 1.31. The normalized spacial score (nSPS) is 10.2. The van der Waals surface area contributed by atoms with E-state index in [1.54, 1.807) is 36.4 Å². The SMILES string of the molecule is N#Cc1nn(-c2ccccc2)c(=O)n(Cc2ccccc2)c1=O. The van der Waals surface area contributed by atoms with Gasteiger partial charge < -0.3 is 0 Å². The number of hydrogen-bond donors (Lipinski definition) is 0. The summed E-state index contributed by atoms with van der Waals surface area (Å²) in [6.45, 7) is 0.0859. The van der Waals surface area contributed by atoms with Gasteiger partial charge in [-0.05, 0) is 17.7 Å². The Kier molecular flexibility index (Phi) is 3.85. The fourth-order valence-corrected chi connectivity index (χ4v) is 2.23. The van der Waals surface area contributed by atoms with E-state index in [9.17, 15) is 9.59 Å². The van der Waals surface area contributed by atoms with E-state index in [4.69, 9.17) is 5.26 Å². The second-order valence-electron chi connectivity index (χ2n) is 4.87. The lowest BCUT2D eigenvalue weighted by Gasteiger charge is -2.09. The largest absolute Gasteiger partial charge is 0.352 e. The van der Waals surface area contributed by atoms with E-state index in [1.165, 1.54) is 0 Å². The van der Waals surface area contributed by atoms with E-state index in [0.29, 0.717) is 5.69 Å². The second-order valence-corrected chi connectivity index (χ2v) is 4.87. The topological polar surface area (TPSA) is 80.7 Å². The van der Waals surface area contributed by atoms with Crippen molar-refractivity contribution in [3.63, 3.8) is 0 Å². The van der Waals surface area contributed by atoms with Crippen LogP contribution in [-0.2, 0) is 6.54 Å². The molecule has 0 unspecified atom stereocenters. The third kappa shape index (κ3) is 2.80. The molecule has 3 aromatic rings. The first-order valence-electron chi connectivity index (χ1n) is 6.94. The zero-order chi connectivity index (χ0) is 16.2. The molecule has 23 heavy (non-hydrogen) atoms. The Morgan fingerprint density at radius 2 is 1.57 bits per heavy atom. The van der Waals surface area contributed by atoms with Gasteiger partial charge in [-0.1, -0.05) is 48.5 Å². The van der Waals surface area contributed by atoms with Crippen LogP contribution in [0.1, 0.15) is 11.3 Å². The summed E-state index contributed by atoms with van der Waals surface area (Å²) in [7, 11) is 0. The van der Waals surface area contributed by atoms with Crippen molar-refractivity contribution in [1.82, 2.24) is 14.3 Å². The van der Waals surface area contributed by atoms with Crippen LogP contribution in [0.5, 0.6) is 0 Å². The lowest BCUT2D eigenvalue weighted by Crippen LogP contribution is -2.42. The standard InChI is InChI=1S/C17H12N4O2/c18-11-15-16(22)20(12-13-7-3-1-4-8-13)17(23)21(19-15)14-9-5-2-6-10-14/h1-10H,12H2. The lowest BCUT2D eigenvalue weighted by molar-refractivity contribution is 0.611. The summed E-state index contributed by atoms with van der Waals surface area (Å²) in [5.41, 5.74) is -0.292. The molecule has 0 aliphatic carbocycles. The Bertz CT molecular complexity index is 983. The number of rotatable bonds is 3. The van der Waals surface area contributed by atoms with Crippen molar-refractivity contribution in [1.29, 1.82) is 5.26 Å². The lowest BCUT2D eigenvalue weighted by atomic mass is 10.2. The highest BCUT2D eigenvalue weighted by Crippen LogP contribution is 2.03. The summed E-state index contributed by atoms with van der Waals surface area (Å²) in [5, 5.41) is 13.0. The maximum Gasteiger partial charge on any atom is 0.352 e. The molecule has 0 atom stereocenters. The van der Waals surface area contributed by atoms with Crippen molar-refractivity contribution in [3.8, 4) is 11.8 Å². The number of hydrogen-bond acceptors (Lipinski definition) is 4. The van der Waals surface area contributed by atoms with Gasteiger partial charge in [0.2, 0.25) is 5.69 Å². The molecule has 0 saturated heterocycles. The molecule has 0 spiro atoms. The second kappa shape index (κ2) is 6.12. The van der Waals surface area contributed by atoms with Gasteiger partial charge in [0.1, 0.15) is 6.07 Å². The molecular weight excluding hydrogens is 292 g/mol. The van der Waals surface area contributed by atoms with Gasteiger partial charge in [-0.15, -0.1) is 5.10 Å². The fraction of sp³-hybridized carbons (Fsp3) is 0.0588. The van der Waals surface area contributed by atoms with Gasteiger partial charge in [0.05, 0.1) is 12.2 Å². The van der Waals surface area contributed by atoms with E-state index in [1.807, 2.05) is 30.3 Å². The van der Waals surface area contributed by atoms with E-state index in [-0.39, 0.29) is 12.2 Å². The average molecular weight is 304 g/mol. The first-order chi connectivity index (χ1) is 11.2. The summed E-state index contributed by atoms with van der Waals surface area (Å²) in [6, 6.07) is 19.6. The smallest absolute Gasteiger partial charge is 0.266 e. The minimum Gasteiger partial charge on any atom is -0.266 e. The van der Waals surface area contributed by atoms with Crippen LogP contribution in [0.3, 0.4) is 0 Å². The van der Waals surface area contributed by atoms with Gasteiger partial charge in [0.15, 0.2) is 0 Å². The number of nitriles is 1. The molecule has 0 bridgehead atoms. The Hall–Kier alpha value is -3.46. The molecule has 0 aliphatic rings. The van der Waals surface area contributed by atoms with Crippen LogP contribution in [0, 0.1) is 11.3 Å². The average Bonchev–Trinajstić information content (AvgIpc) is 2.60. The molecule has 0 amide bonds. The van der Waals surface area contributed by atoms with E-state index >= 15 is 0 Å². The van der Waals surface area contributed by atoms with Gasteiger partial charge in [-0.25, -0.2) is 4.79 Å². The highest BCUT2D eigenvalue weighted by Gasteiger charge is 2.14. The summed E-state index contributed by atoms with van der Waals surface area (Å²) in [4.78, 5) is 24.9. The first kappa shape index (κ1) is 14.5. The van der Waals surface area contributed by atoms with Crippen LogP contribution in [-0.4, -0.2) is 14.3 Å². The summed E-state index contributed by atoms with van der Waals surface area (Å²) in [5.74, 6) is 0. The quantitative estimate of drug-likeness (QED) is 0.730. The van der Waals surface area contributed by atoms with Crippen LogP contribution >= 0.6 is 0 Å². The predicted molar refractivity (Wildman–Crippen MR) is 84.4 cm³/mol. The molecule has 0 radical (unpaired) electrons. The van der Waals surface area contributed by atoms with Crippen molar-refractivity contribution in [2.24, 2.45) is 0 Å². The Labute approximate surface area is 131 Å². The third-order valence-electron chi connectivity index (χ3n) is 3.35. The minimum absolute atomic E-state index is 0.0859. The Morgan fingerprint density at radius 1 is 0.957 bits per heavy atom. The van der Waals surface area contributed by atoms with Crippen LogP contribution in [0.25, 0.3) is 5.69 Å². The molecule has 112 valence electrons. The monoisotopic (exact) mass is 304 g/mol. The van der Waals surface area contributed by atoms with Crippen molar-refractivity contribution < 1.29 is 0 Å². The maximum absolute atomic E-state index is 12.6. The summed E-state index contributed by atoms with van der Waals surface area (Å²) in [6.07, 6.45) is 0. The van der Waals surface area contributed by atoms with E-state index < -0.39 is 11.2 Å². The van der Waals surface area contributed by atoms with Gasteiger partial charge in [-0.2, -0.15) is 9.94 Å². The van der Waals surface area contributed by atoms with Crippen LogP contribution in [0.4, 0.5) is 0 Å². The number of benzene rings is 2. The minimum atomic E-state index is -0.687. The number of para-hydroxylation sites is 1. The highest BCUT2D eigenvalue weighted by atomic mass is 16.2. The van der Waals surface area contributed by atoms with Crippen LogP contribution in [0.2, 0.25) is 0 Å². The molecule has 1 aromatic heterocycles. The van der Waals surface area contributed by atoms with Crippen molar-refractivity contribution >= 4 is 0 Å². The van der Waals surface area contributed by atoms with Crippen molar-refractivity contribution in [2.75, 3.05) is 0 Å². The first-order valence-corrected chi connectivity index (χ1v) is 6.94. The molecule has 3 rings (SSSR count). The van der Waals surface area contributed by atoms with Gasteiger partial charge in [0, 0.05) is 0 Å². The zero-order valence-corrected chi connectivity index (χ0v) is 12.1. The van der Waals surface area contributed by atoms with Crippen LogP contribution in [0.15, 0.2) is 70.3 Å². The molecule has 1 heterocycles. The van der Waals surface area contributed by atoms with Gasteiger partial charge in [-0.3, -0.25) is 9.36 Å². The van der Waals surface area contributed by atoms with Crippen molar-refractivity contribution in [3.05, 3.63) is 92.8 Å². The molecule has 6 nitrogen and oxygen atoms in total. The number of nitrogens with zero attached hydrogens (tertiary/aromatic N) is 4. The van der Waals surface area contributed by atoms with Gasteiger partial charge >= 0.3 is 5.69 Å².